The van der Waals surface area contributed by atoms with Crippen LogP contribution in [-0.4, -0.2) is 18.5 Å². The molecule has 5 heteroatoms. The van der Waals surface area contributed by atoms with Gasteiger partial charge in [-0.2, -0.15) is 0 Å². The van der Waals surface area contributed by atoms with Crippen LogP contribution in [-0.2, 0) is 11.3 Å². The monoisotopic (exact) mass is 272 g/mol. The van der Waals surface area contributed by atoms with Crippen molar-refractivity contribution < 1.29 is 4.79 Å². The molecule has 2 N–H and O–H groups in total. The number of nitrogens with one attached hydrogen (secondary N) is 2. The Morgan fingerprint density at radius 1 is 1.35 bits per heavy atom. The van der Waals surface area contributed by atoms with Crippen molar-refractivity contribution in [3.8, 4) is 0 Å². The fraction of sp³-hybridized carbons (Fsp3) is 0.417. The van der Waals surface area contributed by atoms with Crippen LogP contribution in [0.5, 0.6) is 0 Å². The van der Waals surface area contributed by atoms with Gasteiger partial charge in [0.05, 0.1) is 16.1 Å². The fourth-order valence-electron chi connectivity index (χ4n) is 1.86. The van der Waals surface area contributed by atoms with E-state index in [-0.39, 0.29) is 11.9 Å². The van der Waals surface area contributed by atoms with Gasteiger partial charge in [-0.3, -0.25) is 4.79 Å². The highest BCUT2D eigenvalue weighted by Crippen LogP contribution is 2.22. The van der Waals surface area contributed by atoms with Crippen molar-refractivity contribution in [3.05, 3.63) is 33.8 Å². The minimum atomic E-state index is -0.0989. The lowest BCUT2D eigenvalue weighted by Gasteiger charge is -2.22. The zero-order valence-electron chi connectivity index (χ0n) is 9.30. The Labute approximate surface area is 110 Å². The van der Waals surface area contributed by atoms with Crippen LogP contribution in [0.2, 0.25) is 10.0 Å². The number of rotatable bonds is 3. The van der Waals surface area contributed by atoms with E-state index in [0.717, 1.165) is 24.9 Å². The van der Waals surface area contributed by atoms with E-state index in [9.17, 15) is 4.79 Å². The van der Waals surface area contributed by atoms with E-state index in [1.54, 1.807) is 6.07 Å². The summed E-state index contributed by atoms with van der Waals surface area (Å²) in [6, 6.07) is 5.39. The van der Waals surface area contributed by atoms with Gasteiger partial charge in [-0.25, -0.2) is 0 Å². The fourth-order valence-corrected chi connectivity index (χ4v) is 2.18. The quantitative estimate of drug-likeness (QED) is 0.887. The molecule has 2 rings (SSSR count). The van der Waals surface area contributed by atoms with Gasteiger partial charge in [-0.05, 0) is 30.5 Å². The second-order valence-corrected chi connectivity index (χ2v) is 4.93. The third kappa shape index (κ3) is 3.35. The van der Waals surface area contributed by atoms with Crippen molar-refractivity contribution in [3.63, 3.8) is 0 Å². The maximum atomic E-state index is 11.5. The molecule has 1 aliphatic rings. The molecule has 0 aromatic heterocycles. The summed E-state index contributed by atoms with van der Waals surface area (Å²) < 4.78 is 0. The number of carbonyl (C=O) groups excluding carboxylic acids is 1. The molecule has 1 atom stereocenters. The van der Waals surface area contributed by atoms with Crippen LogP contribution in [0.1, 0.15) is 18.4 Å². The van der Waals surface area contributed by atoms with Crippen LogP contribution in [0.4, 0.5) is 0 Å². The third-order valence-corrected chi connectivity index (χ3v) is 3.56. The summed E-state index contributed by atoms with van der Waals surface area (Å²) in [6.07, 6.45) is 1.90. The molecule has 1 unspecified atom stereocenters. The first kappa shape index (κ1) is 12.7. The summed E-state index contributed by atoms with van der Waals surface area (Å²) in [7, 11) is 0. The van der Waals surface area contributed by atoms with Gasteiger partial charge in [0.25, 0.3) is 0 Å². The first-order valence-electron chi connectivity index (χ1n) is 5.62. The molecule has 17 heavy (non-hydrogen) atoms. The molecule has 0 radical (unpaired) electrons. The first-order chi connectivity index (χ1) is 8.16. The summed E-state index contributed by atoms with van der Waals surface area (Å²) in [4.78, 5) is 11.5. The molecular weight excluding hydrogens is 259 g/mol. The average molecular weight is 273 g/mol. The van der Waals surface area contributed by atoms with Crippen molar-refractivity contribution in [2.75, 3.05) is 6.54 Å². The summed E-state index contributed by atoms with van der Waals surface area (Å²) in [5.41, 5.74) is 1.03. The maximum absolute atomic E-state index is 11.5. The zero-order valence-corrected chi connectivity index (χ0v) is 10.8. The van der Waals surface area contributed by atoms with Crippen LogP contribution >= 0.6 is 23.2 Å². The van der Waals surface area contributed by atoms with E-state index >= 15 is 0 Å². The van der Waals surface area contributed by atoms with Crippen LogP contribution in [0, 0.1) is 0 Å². The number of carbonyl (C=O) groups is 1. The number of benzene rings is 1. The van der Waals surface area contributed by atoms with Crippen molar-refractivity contribution >= 4 is 29.1 Å². The molecule has 1 heterocycles. The lowest BCUT2D eigenvalue weighted by molar-refractivity contribution is -0.124. The van der Waals surface area contributed by atoms with Crippen molar-refractivity contribution in [1.82, 2.24) is 10.6 Å². The molecule has 0 bridgehead atoms. The Bertz CT molecular complexity index is 423. The second-order valence-electron chi connectivity index (χ2n) is 4.12. The average Bonchev–Trinajstić information content (AvgIpc) is 2.32. The summed E-state index contributed by atoms with van der Waals surface area (Å²) in [5.74, 6) is 0.0799. The Balaban J connectivity index is 1.92. The normalized spacial score (nSPS) is 20.1. The molecule has 1 saturated heterocycles. The molecule has 92 valence electrons. The van der Waals surface area contributed by atoms with E-state index in [0.29, 0.717) is 16.6 Å². The van der Waals surface area contributed by atoms with Gasteiger partial charge >= 0.3 is 0 Å². The standard InChI is InChI=1S/C12H14Cl2N2O/c13-9-4-3-8(6-10(9)14)7-16-11-2-1-5-15-12(11)17/h3-4,6,11,16H,1-2,5,7H2,(H,15,17). The van der Waals surface area contributed by atoms with E-state index < -0.39 is 0 Å². The maximum Gasteiger partial charge on any atom is 0.237 e. The molecule has 0 spiro atoms. The number of amides is 1. The highest BCUT2D eigenvalue weighted by molar-refractivity contribution is 6.42. The molecule has 0 aliphatic carbocycles. The molecule has 3 nitrogen and oxygen atoms in total. The van der Waals surface area contributed by atoms with E-state index in [1.807, 2.05) is 12.1 Å². The Morgan fingerprint density at radius 3 is 2.88 bits per heavy atom. The summed E-state index contributed by atoms with van der Waals surface area (Å²) >= 11 is 11.8. The van der Waals surface area contributed by atoms with E-state index in [4.69, 9.17) is 23.2 Å². The Morgan fingerprint density at radius 2 is 2.18 bits per heavy atom. The van der Waals surface area contributed by atoms with Gasteiger partial charge in [0, 0.05) is 13.1 Å². The van der Waals surface area contributed by atoms with Gasteiger partial charge < -0.3 is 10.6 Å². The third-order valence-electron chi connectivity index (χ3n) is 2.82. The van der Waals surface area contributed by atoms with Crippen molar-refractivity contribution in [1.29, 1.82) is 0 Å². The largest absolute Gasteiger partial charge is 0.355 e. The molecule has 1 aliphatic heterocycles. The summed E-state index contributed by atoms with van der Waals surface area (Å²) in [5, 5.41) is 7.15. The minimum absolute atomic E-state index is 0.0799. The molecule has 1 amide bonds. The van der Waals surface area contributed by atoms with Crippen LogP contribution in [0.3, 0.4) is 0 Å². The number of hydrogen-bond acceptors (Lipinski definition) is 2. The number of piperidine rings is 1. The van der Waals surface area contributed by atoms with Gasteiger partial charge in [0.1, 0.15) is 0 Å². The lowest BCUT2D eigenvalue weighted by atomic mass is 10.1. The highest BCUT2D eigenvalue weighted by atomic mass is 35.5. The van der Waals surface area contributed by atoms with Crippen LogP contribution in [0.25, 0.3) is 0 Å². The summed E-state index contributed by atoms with van der Waals surface area (Å²) in [6.45, 7) is 1.40. The predicted molar refractivity (Wildman–Crippen MR) is 69.3 cm³/mol. The predicted octanol–water partition coefficient (Wildman–Crippen LogP) is 2.36. The van der Waals surface area contributed by atoms with Crippen LogP contribution in [0.15, 0.2) is 18.2 Å². The van der Waals surface area contributed by atoms with Crippen LogP contribution < -0.4 is 10.6 Å². The Kier molecular flexibility index (Phi) is 4.26. The van der Waals surface area contributed by atoms with Gasteiger partial charge in [-0.1, -0.05) is 29.3 Å². The van der Waals surface area contributed by atoms with Gasteiger partial charge in [0.2, 0.25) is 5.91 Å². The Hall–Kier alpha value is -0.770. The number of hydrogen-bond donors (Lipinski definition) is 2. The topological polar surface area (TPSA) is 41.1 Å². The molecular formula is C12H14Cl2N2O. The molecule has 1 aromatic rings. The lowest BCUT2D eigenvalue weighted by Crippen LogP contribution is -2.47. The van der Waals surface area contributed by atoms with E-state index in [2.05, 4.69) is 10.6 Å². The molecule has 1 fully saturated rings. The van der Waals surface area contributed by atoms with Gasteiger partial charge in [0.15, 0.2) is 0 Å². The van der Waals surface area contributed by atoms with Crippen molar-refractivity contribution in [2.45, 2.75) is 25.4 Å². The highest BCUT2D eigenvalue weighted by Gasteiger charge is 2.20. The minimum Gasteiger partial charge on any atom is -0.355 e. The molecule has 1 aromatic carbocycles. The smallest absolute Gasteiger partial charge is 0.237 e. The number of halogens is 2. The van der Waals surface area contributed by atoms with Gasteiger partial charge in [-0.15, -0.1) is 0 Å². The zero-order chi connectivity index (χ0) is 12.3. The second kappa shape index (κ2) is 5.71. The van der Waals surface area contributed by atoms with E-state index in [1.165, 1.54) is 0 Å². The first-order valence-corrected chi connectivity index (χ1v) is 6.37. The van der Waals surface area contributed by atoms with Crippen molar-refractivity contribution in [2.24, 2.45) is 0 Å². The molecule has 0 saturated carbocycles. The SMILES string of the molecule is O=C1NCCCC1NCc1ccc(Cl)c(Cl)c1.